The third kappa shape index (κ3) is 4.76. The van der Waals surface area contributed by atoms with Crippen LogP contribution in [0.4, 0.5) is 0 Å². The van der Waals surface area contributed by atoms with Crippen molar-refractivity contribution in [2.45, 2.75) is 0 Å². The fraction of sp³-hybridized carbons (Fsp3) is 0. The van der Waals surface area contributed by atoms with Gasteiger partial charge in [-0.2, -0.15) is 0 Å². The quantitative estimate of drug-likeness (QED) is 0.504. The number of hydrogen-bond donors (Lipinski definition) is 0. The number of furan rings is 1. The maximum atomic E-state index is 4.58. The molecule has 1 heterocycles. The van der Waals surface area contributed by atoms with Gasteiger partial charge in [-0.05, 0) is 12.1 Å². The molecule has 0 aliphatic heterocycles. The van der Waals surface area contributed by atoms with E-state index in [1.807, 2.05) is 12.1 Å². The van der Waals surface area contributed by atoms with Gasteiger partial charge in [-0.25, -0.2) is 0 Å². The van der Waals surface area contributed by atoms with Crippen LogP contribution in [0.25, 0.3) is 0 Å². The minimum Gasteiger partial charge on any atom is -0.473 e. The summed E-state index contributed by atoms with van der Waals surface area (Å²) in [5.41, 5.74) is 0. The summed E-state index contributed by atoms with van der Waals surface area (Å²) in [6.45, 7) is 0. The molecule has 0 aliphatic rings. The Labute approximate surface area is 77.5 Å². The summed E-state index contributed by atoms with van der Waals surface area (Å²) >= 11 is 0. The van der Waals surface area contributed by atoms with Crippen molar-refractivity contribution in [3.8, 4) is 0 Å². The van der Waals surface area contributed by atoms with Crippen LogP contribution in [0.1, 0.15) is 0 Å². The second kappa shape index (κ2) is 6.90. The van der Waals surface area contributed by atoms with E-state index < -0.39 is 0 Å². The van der Waals surface area contributed by atoms with Gasteiger partial charge in [-0.3, -0.25) is 0 Å². The standard InChI is InChI=1S/C4H4O.Na.Zn.H/c1-2-4-5-3-1;;;/h1-4H;;;. The van der Waals surface area contributed by atoms with Gasteiger partial charge < -0.3 is 4.42 Å². The third-order valence-electron chi connectivity index (χ3n) is 0.425. The maximum absolute atomic E-state index is 4.58. The molecule has 3 heteroatoms. The van der Waals surface area contributed by atoms with Crippen LogP contribution in [0.2, 0.25) is 0 Å². The summed E-state index contributed by atoms with van der Waals surface area (Å²) in [7, 11) is 0. The topological polar surface area (TPSA) is 13.1 Å². The van der Waals surface area contributed by atoms with Crippen molar-refractivity contribution in [1.29, 1.82) is 0 Å². The maximum Gasteiger partial charge on any atom is 0.0902 e. The van der Waals surface area contributed by atoms with Crippen LogP contribution in [0.3, 0.4) is 0 Å². The monoisotopic (exact) mass is 156 g/mol. The molecule has 30 valence electrons. The molecule has 1 nitrogen and oxygen atoms in total. The molecule has 0 amide bonds. The molecule has 0 aliphatic carbocycles. The molecular formula is C4H5NaOZn. The molecule has 1 aromatic heterocycles. The molecule has 7 heavy (non-hydrogen) atoms. The first-order valence-electron chi connectivity index (χ1n) is 1.47. The SMILES string of the molecule is [NaH].[Zn].c1ccoc1. The van der Waals surface area contributed by atoms with Crippen LogP contribution >= 0.6 is 0 Å². The van der Waals surface area contributed by atoms with Gasteiger partial charge in [-0.15, -0.1) is 0 Å². The average Bonchev–Trinajstić information content (AvgIpc) is 1.76. The Morgan fingerprint density at radius 1 is 1.00 bits per heavy atom. The summed E-state index contributed by atoms with van der Waals surface area (Å²) in [4.78, 5) is 0. The molecule has 0 unspecified atom stereocenters. The van der Waals surface area contributed by atoms with Gasteiger partial charge in [0.1, 0.15) is 0 Å². The normalized spacial score (nSPS) is 5.71. The Hall–Kier alpha value is 0.903. The van der Waals surface area contributed by atoms with E-state index in [1.54, 1.807) is 12.5 Å². The number of rotatable bonds is 0. The van der Waals surface area contributed by atoms with E-state index >= 15 is 0 Å². The first kappa shape index (κ1) is 10.8. The Morgan fingerprint density at radius 2 is 1.43 bits per heavy atom. The smallest absolute Gasteiger partial charge is 0.0902 e. The zero-order valence-electron chi connectivity index (χ0n) is 3.42. The predicted molar refractivity (Wildman–Crippen MR) is 25.9 cm³/mol. The predicted octanol–water partition coefficient (Wildman–Crippen LogP) is 0.629. The zero-order chi connectivity index (χ0) is 3.54. The minimum atomic E-state index is 0. The van der Waals surface area contributed by atoms with Crippen molar-refractivity contribution < 1.29 is 23.9 Å². The van der Waals surface area contributed by atoms with Crippen molar-refractivity contribution in [3.05, 3.63) is 24.7 Å². The van der Waals surface area contributed by atoms with Crippen LogP contribution in [-0.4, -0.2) is 29.6 Å². The summed E-state index contributed by atoms with van der Waals surface area (Å²) in [5, 5.41) is 0. The van der Waals surface area contributed by atoms with E-state index in [9.17, 15) is 0 Å². The van der Waals surface area contributed by atoms with Gasteiger partial charge in [0.15, 0.2) is 0 Å². The molecule has 1 aromatic rings. The Balaban J connectivity index is 0. The van der Waals surface area contributed by atoms with Crippen molar-refractivity contribution in [2.75, 3.05) is 0 Å². The molecule has 1 rings (SSSR count). The second-order valence-electron chi connectivity index (χ2n) is 0.793. The van der Waals surface area contributed by atoms with Crippen molar-refractivity contribution >= 4 is 29.6 Å². The second-order valence-corrected chi connectivity index (χ2v) is 0.793. The van der Waals surface area contributed by atoms with Gasteiger partial charge in [0.2, 0.25) is 0 Å². The number of hydrogen-bond acceptors (Lipinski definition) is 1. The van der Waals surface area contributed by atoms with Gasteiger partial charge in [0.25, 0.3) is 0 Å². The van der Waals surface area contributed by atoms with Crippen LogP contribution in [0, 0.1) is 0 Å². The molecule has 0 N–H and O–H groups in total. The summed E-state index contributed by atoms with van der Waals surface area (Å²) < 4.78 is 4.58. The molecule has 0 radical (unpaired) electrons. The molecule has 0 aromatic carbocycles. The van der Waals surface area contributed by atoms with Crippen molar-refractivity contribution in [3.63, 3.8) is 0 Å². The minimum absolute atomic E-state index is 0. The Bertz CT molecular complexity index is 68.2. The van der Waals surface area contributed by atoms with E-state index in [2.05, 4.69) is 4.42 Å². The third-order valence-corrected chi connectivity index (χ3v) is 0.425. The van der Waals surface area contributed by atoms with Gasteiger partial charge in [0.05, 0.1) is 12.5 Å². The van der Waals surface area contributed by atoms with Crippen molar-refractivity contribution in [1.82, 2.24) is 0 Å². The van der Waals surface area contributed by atoms with Crippen LogP contribution in [0.15, 0.2) is 29.1 Å². The molecular weight excluding hydrogens is 152 g/mol. The van der Waals surface area contributed by atoms with E-state index in [1.165, 1.54) is 0 Å². The fourth-order valence-electron chi connectivity index (χ4n) is 0.227. The first-order chi connectivity index (χ1) is 2.50. The molecule has 0 fully saturated rings. The molecule has 0 spiro atoms. The first-order valence-corrected chi connectivity index (χ1v) is 1.47. The Morgan fingerprint density at radius 3 is 1.57 bits per heavy atom. The van der Waals surface area contributed by atoms with Crippen molar-refractivity contribution in [2.24, 2.45) is 0 Å². The fourth-order valence-corrected chi connectivity index (χ4v) is 0.227. The summed E-state index contributed by atoms with van der Waals surface area (Å²) in [6.07, 6.45) is 3.25. The molecule has 0 saturated heterocycles. The van der Waals surface area contributed by atoms with E-state index in [4.69, 9.17) is 0 Å². The molecule has 0 atom stereocenters. The Kier molecular flexibility index (Phi) is 10.7. The molecule has 0 bridgehead atoms. The van der Waals surface area contributed by atoms with Gasteiger partial charge in [-0.1, -0.05) is 0 Å². The van der Waals surface area contributed by atoms with E-state index in [-0.39, 0.29) is 49.0 Å². The summed E-state index contributed by atoms with van der Waals surface area (Å²) in [6, 6.07) is 3.67. The van der Waals surface area contributed by atoms with E-state index in [0.29, 0.717) is 0 Å². The van der Waals surface area contributed by atoms with E-state index in [0.717, 1.165) is 0 Å². The molecule has 0 saturated carbocycles. The van der Waals surface area contributed by atoms with Crippen LogP contribution < -0.4 is 0 Å². The van der Waals surface area contributed by atoms with Crippen LogP contribution in [0.5, 0.6) is 0 Å². The largest absolute Gasteiger partial charge is 0.473 e. The van der Waals surface area contributed by atoms with Gasteiger partial charge >= 0.3 is 29.6 Å². The van der Waals surface area contributed by atoms with Gasteiger partial charge in [0, 0.05) is 19.5 Å². The average molecular weight is 157 g/mol. The zero-order valence-corrected chi connectivity index (χ0v) is 6.39. The summed E-state index contributed by atoms with van der Waals surface area (Å²) in [5.74, 6) is 0. The van der Waals surface area contributed by atoms with Crippen LogP contribution in [-0.2, 0) is 19.5 Å².